The highest BCUT2D eigenvalue weighted by molar-refractivity contribution is 7.08. The minimum absolute atomic E-state index is 0.0458. The maximum atomic E-state index is 13.2. The molecule has 0 fully saturated rings. The lowest BCUT2D eigenvalue weighted by molar-refractivity contribution is 0.0698. The summed E-state index contributed by atoms with van der Waals surface area (Å²) in [6, 6.07) is 3.88. The van der Waals surface area contributed by atoms with Crippen LogP contribution in [0.4, 0.5) is 14.7 Å². The van der Waals surface area contributed by atoms with E-state index in [1.807, 2.05) is 0 Å². The molecule has 0 aliphatic carbocycles. The highest BCUT2D eigenvalue weighted by atomic mass is 32.1. The molecule has 122 valence electrons. The number of carbonyl (C=O) groups is 2. The summed E-state index contributed by atoms with van der Waals surface area (Å²) in [5, 5.41) is 18.5. The van der Waals surface area contributed by atoms with Crippen molar-refractivity contribution in [1.29, 1.82) is 0 Å². The highest BCUT2D eigenvalue weighted by Gasteiger charge is 2.25. The van der Waals surface area contributed by atoms with Gasteiger partial charge in [-0.05, 0) is 23.6 Å². The molecule has 0 aliphatic heterocycles. The number of aromatic nitrogens is 1. The second-order valence-electron chi connectivity index (χ2n) is 4.66. The molecule has 0 bridgehead atoms. The summed E-state index contributed by atoms with van der Waals surface area (Å²) in [5.41, 5.74) is -0.112. The van der Waals surface area contributed by atoms with E-state index in [9.17, 15) is 23.5 Å². The first-order valence-corrected chi connectivity index (χ1v) is 7.43. The number of halogens is 2. The van der Waals surface area contributed by atoms with Crippen LogP contribution >= 0.6 is 11.3 Å². The van der Waals surface area contributed by atoms with Gasteiger partial charge in [0.1, 0.15) is 17.3 Å². The Bertz CT molecular complexity index is 901. The molecule has 2 heterocycles. The molecule has 0 atom stereocenters. The Balaban J connectivity index is 1.95. The van der Waals surface area contributed by atoms with Crippen molar-refractivity contribution in [2.24, 2.45) is 0 Å². The molecule has 0 radical (unpaired) electrons. The van der Waals surface area contributed by atoms with E-state index in [0.717, 1.165) is 12.1 Å². The van der Waals surface area contributed by atoms with E-state index in [1.54, 1.807) is 16.8 Å². The lowest BCUT2D eigenvalue weighted by Crippen LogP contribution is -2.14. The van der Waals surface area contributed by atoms with Gasteiger partial charge >= 0.3 is 5.97 Å². The molecule has 0 spiro atoms. The minimum atomic E-state index is -1.36. The summed E-state index contributed by atoms with van der Waals surface area (Å²) in [4.78, 5) is 23.5. The SMILES string of the molecule is O=C(Nc1onc(-c2ccsc2)c1C(=O)O)c1cc(F)cc(F)c1. The van der Waals surface area contributed by atoms with E-state index in [2.05, 4.69) is 10.5 Å². The minimum Gasteiger partial charge on any atom is -0.477 e. The molecule has 3 aromatic rings. The quantitative estimate of drug-likeness (QED) is 0.749. The van der Waals surface area contributed by atoms with Gasteiger partial charge in [-0.15, -0.1) is 0 Å². The normalized spacial score (nSPS) is 10.6. The summed E-state index contributed by atoms with van der Waals surface area (Å²) < 4.78 is 31.2. The average molecular weight is 350 g/mol. The van der Waals surface area contributed by atoms with E-state index in [4.69, 9.17) is 4.52 Å². The number of amides is 1. The number of rotatable bonds is 4. The Morgan fingerprint density at radius 1 is 1.21 bits per heavy atom. The fourth-order valence-corrected chi connectivity index (χ4v) is 2.67. The van der Waals surface area contributed by atoms with Crippen LogP contribution in [-0.2, 0) is 0 Å². The number of carboxylic acid groups (broad SMARTS) is 1. The third-order valence-electron chi connectivity index (χ3n) is 3.05. The molecular formula is C15H8F2N2O4S. The van der Waals surface area contributed by atoms with E-state index < -0.39 is 29.4 Å². The molecule has 3 rings (SSSR count). The van der Waals surface area contributed by atoms with Gasteiger partial charge in [-0.2, -0.15) is 11.3 Å². The Morgan fingerprint density at radius 2 is 1.92 bits per heavy atom. The summed E-state index contributed by atoms with van der Waals surface area (Å²) in [6.07, 6.45) is 0. The zero-order chi connectivity index (χ0) is 17.3. The van der Waals surface area contributed by atoms with Crippen molar-refractivity contribution in [2.75, 3.05) is 5.32 Å². The second-order valence-corrected chi connectivity index (χ2v) is 5.44. The Kier molecular flexibility index (Phi) is 4.09. The molecule has 0 saturated carbocycles. The molecule has 9 heteroatoms. The Labute approximate surface area is 137 Å². The van der Waals surface area contributed by atoms with Gasteiger partial charge in [0, 0.05) is 22.6 Å². The fraction of sp³-hybridized carbons (Fsp3) is 0. The molecule has 0 aliphatic rings. The lowest BCUT2D eigenvalue weighted by atomic mass is 10.1. The molecule has 0 saturated heterocycles. The van der Waals surface area contributed by atoms with Crippen LogP contribution in [0.3, 0.4) is 0 Å². The number of thiophene rings is 1. The van der Waals surface area contributed by atoms with Gasteiger partial charge in [0.25, 0.3) is 5.91 Å². The third-order valence-corrected chi connectivity index (χ3v) is 3.74. The zero-order valence-corrected chi connectivity index (χ0v) is 12.6. The Hall–Kier alpha value is -3.07. The first-order valence-electron chi connectivity index (χ1n) is 6.48. The van der Waals surface area contributed by atoms with Gasteiger partial charge in [0.05, 0.1) is 0 Å². The standard InChI is InChI=1S/C15H8F2N2O4S/c16-9-3-8(4-10(17)5-9)13(20)18-14-11(15(21)22)12(19-23-14)7-1-2-24-6-7/h1-6H,(H,18,20)(H,21,22). The summed E-state index contributed by atoms with van der Waals surface area (Å²) in [6.45, 7) is 0. The van der Waals surface area contributed by atoms with Crippen LogP contribution in [0.15, 0.2) is 39.5 Å². The van der Waals surface area contributed by atoms with Crippen LogP contribution in [-0.4, -0.2) is 22.1 Å². The van der Waals surface area contributed by atoms with Crippen molar-refractivity contribution >= 4 is 29.1 Å². The molecule has 1 aromatic carbocycles. The third kappa shape index (κ3) is 3.01. The van der Waals surface area contributed by atoms with E-state index in [0.29, 0.717) is 11.6 Å². The molecule has 24 heavy (non-hydrogen) atoms. The molecule has 6 nitrogen and oxygen atoms in total. The van der Waals surface area contributed by atoms with Crippen molar-refractivity contribution < 1.29 is 28.0 Å². The number of aromatic carboxylic acids is 1. The summed E-state index contributed by atoms with van der Waals surface area (Å²) >= 11 is 1.33. The molecule has 1 amide bonds. The predicted octanol–water partition coefficient (Wildman–Crippen LogP) is 3.63. The van der Waals surface area contributed by atoms with Gasteiger partial charge in [-0.25, -0.2) is 13.6 Å². The van der Waals surface area contributed by atoms with Gasteiger partial charge < -0.3 is 9.63 Å². The molecule has 2 N–H and O–H groups in total. The maximum absolute atomic E-state index is 13.2. The predicted molar refractivity (Wildman–Crippen MR) is 81.1 cm³/mol. The smallest absolute Gasteiger partial charge is 0.343 e. The monoisotopic (exact) mass is 350 g/mol. The second kappa shape index (κ2) is 6.20. The molecular weight excluding hydrogens is 342 g/mol. The molecule has 2 aromatic heterocycles. The zero-order valence-electron chi connectivity index (χ0n) is 11.7. The van der Waals surface area contributed by atoms with Crippen LogP contribution in [0.5, 0.6) is 0 Å². The number of benzene rings is 1. The van der Waals surface area contributed by atoms with Gasteiger partial charge in [0.15, 0.2) is 5.56 Å². The van der Waals surface area contributed by atoms with Crippen molar-refractivity contribution in [3.05, 3.63) is 57.8 Å². The number of nitrogens with zero attached hydrogens (tertiary/aromatic N) is 1. The number of hydrogen-bond acceptors (Lipinski definition) is 5. The number of carbonyl (C=O) groups excluding carboxylic acids is 1. The van der Waals surface area contributed by atoms with Crippen LogP contribution < -0.4 is 5.32 Å². The number of anilines is 1. The van der Waals surface area contributed by atoms with Gasteiger partial charge in [-0.1, -0.05) is 5.16 Å². The van der Waals surface area contributed by atoms with E-state index in [1.165, 1.54) is 11.3 Å². The lowest BCUT2D eigenvalue weighted by Gasteiger charge is -2.03. The average Bonchev–Trinajstić information content (AvgIpc) is 3.14. The van der Waals surface area contributed by atoms with Crippen molar-refractivity contribution in [1.82, 2.24) is 5.16 Å². The van der Waals surface area contributed by atoms with Crippen molar-refractivity contribution in [3.8, 4) is 11.3 Å². The number of hydrogen-bond donors (Lipinski definition) is 2. The van der Waals surface area contributed by atoms with Crippen LogP contribution in [0.25, 0.3) is 11.3 Å². The van der Waals surface area contributed by atoms with Crippen LogP contribution in [0.2, 0.25) is 0 Å². The first-order chi connectivity index (χ1) is 11.5. The number of carboxylic acids is 1. The van der Waals surface area contributed by atoms with Gasteiger partial charge in [-0.3, -0.25) is 10.1 Å². The van der Waals surface area contributed by atoms with E-state index in [-0.39, 0.29) is 16.8 Å². The maximum Gasteiger partial charge on any atom is 0.343 e. The first kappa shape index (κ1) is 15.8. The summed E-state index contributed by atoms with van der Waals surface area (Å²) in [5.74, 6) is -4.58. The highest BCUT2D eigenvalue weighted by Crippen LogP contribution is 2.30. The topological polar surface area (TPSA) is 92.4 Å². The number of nitrogens with one attached hydrogen (secondary N) is 1. The largest absolute Gasteiger partial charge is 0.477 e. The van der Waals surface area contributed by atoms with E-state index >= 15 is 0 Å². The fourth-order valence-electron chi connectivity index (χ4n) is 2.03. The van der Waals surface area contributed by atoms with Crippen molar-refractivity contribution in [2.45, 2.75) is 0 Å². The summed E-state index contributed by atoms with van der Waals surface area (Å²) in [7, 11) is 0. The Morgan fingerprint density at radius 3 is 2.50 bits per heavy atom. The van der Waals surface area contributed by atoms with Crippen LogP contribution in [0, 0.1) is 11.6 Å². The van der Waals surface area contributed by atoms with Crippen LogP contribution in [0.1, 0.15) is 20.7 Å². The van der Waals surface area contributed by atoms with Gasteiger partial charge in [0.2, 0.25) is 5.88 Å². The molecule has 0 unspecified atom stereocenters. The van der Waals surface area contributed by atoms with Crippen molar-refractivity contribution in [3.63, 3.8) is 0 Å².